The monoisotopic (exact) mass is 480 g/mol. The molecule has 5 heteroatoms. The normalized spacial score (nSPS) is 18.6. The number of fused-ring (bicyclic) bond motifs is 1. The summed E-state index contributed by atoms with van der Waals surface area (Å²) in [6.07, 6.45) is 1.47. The van der Waals surface area contributed by atoms with E-state index in [9.17, 15) is 9.59 Å². The predicted octanol–water partition coefficient (Wildman–Crippen LogP) is 6.82. The molecular formula is C31H32N2O3. The smallest absolute Gasteiger partial charge is 0.227 e. The number of ketones is 1. The summed E-state index contributed by atoms with van der Waals surface area (Å²) in [6.45, 7) is 6.50. The second kappa shape index (κ2) is 9.65. The third-order valence-electron chi connectivity index (χ3n) is 6.92. The van der Waals surface area contributed by atoms with Gasteiger partial charge in [-0.25, -0.2) is 0 Å². The number of amides is 1. The number of allylic oxidation sites excluding steroid dienone is 1. The lowest BCUT2D eigenvalue weighted by Crippen LogP contribution is -2.39. The van der Waals surface area contributed by atoms with Gasteiger partial charge in [0.2, 0.25) is 5.91 Å². The minimum absolute atomic E-state index is 0.0431. The van der Waals surface area contributed by atoms with Crippen LogP contribution in [0.4, 0.5) is 11.4 Å². The minimum Gasteiger partial charge on any atom is -0.489 e. The van der Waals surface area contributed by atoms with Gasteiger partial charge in [-0.1, -0.05) is 81.4 Å². The van der Waals surface area contributed by atoms with E-state index in [4.69, 9.17) is 4.74 Å². The molecule has 1 aliphatic heterocycles. The van der Waals surface area contributed by atoms with Gasteiger partial charge in [-0.15, -0.1) is 0 Å². The predicted molar refractivity (Wildman–Crippen MR) is 143 cm³/mol. The first kappa shape index (κ1) is 23.9. The average Bonchev–Trinajstić information content (AvgIpc) is 3.01. The highest BCUT2D eigenvalue weighted by Gasteiger charge is 2.43. The molecule has 36 heavy (non-hydrogen) atoms. The molecule has 5 nitrogen and oxygen atoms in total. The molecule has 0 fully saturated rings. The summed E-state index contributed by atoms with van der Waals surface area (Å²) in [5.74, 6) is 0.695. The number of rotatable bonds is 5. The maximum absolute atomic E-state index is 13.8. The van der Waals surface area contributed by atoms with Crippen LogP contribution in [0.15, 0.2) is 90.1 Å². The van der Waals surface area contributed by atoms with E-state index in [0.717, 1.165) is 34.6 Å². The fourth-order valence-corrected chi connectivity index (χ4v) is 5.30. The number of carbonyl (C=O) groups excluding carboxylic acids is 2. The molecule has 1 atom stereocenters. The van der Waals surface area contributed by atoms with Gasteiger partial charge in [0, 0.05) is 29.7 Å². The number of nitrogens with zero attached hydrogens (tertiary/aromatic N) is 1. The van der Waals surface area contributed by atoms with Crippen LogP contribution in [0.5, 0.6) is 5.75 Å². The maximum atomic E-state index is 13.8. The fraction of sp³-hybridized carbons (Fsp3) is 0.290. The molecule has 2 aliphatic rings. The summed E-state index contributed by atoms with van der Waals surface area (Å²) in [6, 6.07) is 25.0. The maximum Gasteiger partial charge on any atom is 0.227 e. The van der Waals surface area contributed by atoms with Crippen LogP contribution >= 0.6 is 0 Å². The Morgan fingerprint density at radius 1 is 0.972 bits per heavy atom. The largest absolute Gasteiger partial charge is 0.489 e. The molecule has 0 saturated heterocycles. The van der Waals surface area contributed by atoms with Gasteiger partial charge < -0.3 is 10.1 Å². The van der Waals surface area contributed by atoms with Crippen molar-refractivity contribution in [2.75, 3.05) is 10.2 Å². The van der Waals surface area contributed by atoms with E-state index in [0.29, 0.717) is 30.8 Å². The second-order valence-corrected chi connectivity index (χ2v) is 10.3. The number of anilines is 2. The topological polar surface area (TPSA) is 58.6 Å². The number of carbonyl (C=O) groups is 2. The molecule has 0 bridgehead atoms. The van der Waals surface area contributed by atoms with Crippen LogP contribution in [0.3, 0.4) is 0 Å². The SMILES string of the molecule is CCC(=O)N1c2ccccc2NC2=C(C(=O)CC(C)(C)C2)[C@H]1c1ccccc1OCc1ccccc1. The Morgan fingerprint density at radius 2 is 1.67 bits per heavy atom. The van der Waals surface area contributed by atoms with Crippen molar-refractivity contribution in [1.29, 1.82) is 0 Å². The second-order valence-electron chi connectivity index (χ2n) is 10.3. The van der Waals surface area contributed by atoms with E-state index in [2.05, 4.69) is 19.2 Å². The number of hydrogen-bond donors (Lipinski definition) is 1. The third kappa shape index (κ3) is 4.53. The Kier molecular flexibility index (Phi) is 6.40. The highest BCUT2D eigenvalue weighted by atomic mass is 16.5. The average molecular weight is 481 g/mol. The van der Waals surface area contributed by atoms with Crippen molar-refractivity contribution in [2.24, 2.45) is 5.41 Å². The van der Waals surface area contributed by atoms with Crippen LogP contribution in [0.1, 0.15) is 57.2 Å². The number of nitrogens with one attached hydrogen (secondary N) is 1. The van der Waals surface area contributed by atoms with E-state index in [-0.39, 0.29) is 17.1 Å². The van der Waals surface area contributed by atoms with Gasteiger partial charge in [0.15, 0.2) is 5.78 Å². The first-order valence-corrected chi connectivity index (χ1v) is 12.6. The number of Topliss-reactive ketones (excluding diaryl/α,β-unsaturated/α-hetero) is 1. The first-order chi connectivity index (χ1) is 17.4. The van der Waals surface area contributed by atoms with Crippen molar-refractivity contribution in [2.45, 2.75) is 52.7 Å². The molecule has 0 unspecified atom stereocenters. The van der Waals surface area contributed by atoms with Crippen LogP contribution in [0.2, 0.25) is 0 Å². The van der Waals surface area contributed by atoms with Crippen molar-refractivity contribution in [3.8, 4) is 5.75 Å². The summed E-state index contributed by atoms with van der Waals surface area (Å²) in [5.41, 5.74) is 4.84. The van der Waals surface area contributed by atoms with Crippen molar-refractivity contribution < 1.29 is 14.3 Å². The van der Waals surface area contributed by atoms with Crippen molar-refractivity contribution in [3.63, 3.8) is 0 Å². The van der Waals surface area contributed by atoms with Crippen molar-refractivity contribution in [1.82, 2.24) is 0 Å². The summed E-state index contributed by atoms with van der Waals surface area (Å²) < 4.78 is 6.33. The van der Waals surface area contributed by atoms with Gasteiger partial charge in [-0.3, -0.25) is 14.5 Å². The van der Waals surface area contributed by atoms with E-state index in [1.165, 1.54) is 0 Å². The molecule has 184 valence electrons. The van der Waals surface area contributed by atoms with Crippen LogP contribution in [-0.2, 0) is 16.2 Å². The molecule has 0 radical (unpaired) electrons. The lowest BCUT2D eigenvalue weighted by molar-refractivity contribution is -0.119. The van der Waals surface area contributed by atoms with Gasteiger partial charge in [-0.05, 0) is 35.6 Å². The summed E-state index contributed by atoms with van der Waals surface area (Å²) in [7, 11) is 0. The number of ether oxygens (including phenoxy) is 1. The Morgan fingerprint density at radius 3 is 2.44 bits per heavy atom. The quantitative estimate of drug-likeness (QED) is 0.435. The van der Waals surface area contributed by atoms with Crippen LogP contribution in [-0.4, -0.2) is 11.7 Å². The molecule has 3 aromatic rings. The van der Waals surface area contributed by atoms with Gasteiger partial charge in [0.05, 0.1) is 17.4 Å². The highest BCUT2D eigenvalue weighted by Crippen LogP contribution is 2.49. The molecular weight excluding hydrogens is 448 g/mol. The van der Waals surface area contributed by atoms with E-state index in [1.807, 2.05) is 85.8 Å². The molecule has 1 amide bonds. The molecule has 1 N–H and O–H groups in total. The molecule has 1 heterocycles. The zero-order valence-corrected chi connectivity index (χ0v) is 21.1. The van der Waals surface area contributed by atoms with Gasteiger partial charge in [0.25, 0.3) is 0 Å². The van der Waals surface area contributed by atoms with Crippen LogP contribution in [0, 0.1) is 5.41 Å². The molecule has 0 aromatic heterocycles. The van der Waals surface area contributed by atoms with Gasteiger partial charge in [0.1, 0.15) is 12.4 Å². The minimum atomic E-state index is -0.584. The Labute approximate surface area is 212 Å². The number of benzene rings is 3. The molecule has 0 saturated carbocycles. The Balaban J connectivity index is 1.69. The molecule has 0 spiro atoms. The molecule has 1 aliphatic carbocycles. The Bertz CT molecular complexity index is 1330. The van der Waals surface area contributed by atoms with Crippen molar-refractivity contribution in [3.05, 3.63) is 101 Å². The Hall–Kier alpha value is -3.86. The third-order valence-corrected chi connectivity index (χ3v) is 6.92. The first-order valence-electron chi connectivity index (χ1n) is 12.6. The van der Waals surface area contributed by atoms with E-state index in [1.54, 1.807) is 4.90 Å². The van der Waals surface area contributed by atoms with Crippen molar-refractivity contribution >= 4 is 23.1 Å². The van der Waals surface area contributed by atoms with Crippen LogP contribution in [0.25, 0.3) is 0 Å². The fourth-order valence-electron chi connectivity index (χ4n) is 5.30. The van der Waals surface area contributed by atoms with Gasteiger partial charge >= 0.3 is 0 Å². The lowest BCUT2D eigenvalue weighted by atomic mass is 9.73. The summed E-state index contributed by atoms with van der Waals surface area (Å²) in [5, 5.41) is 3.56. The zero-order valence-electron chi connectivity index (χ0n) is 21.1. The van der Waals surface area contributed by atoms with Gasteiger partial charge in [-0.2, -0.15) is 0 Å². The van der Waals surface area contributed by atoms with Crippen LogP contribution < -0.4 is 15.0 Å². The standard InChI is InChI=1S/C31H32N2O3/c1-4-28(35)33-25-16-10-9-15-23(25)32-24-18-31(2,3)19-26(34)29(24)30(33)22-14-8-11-17-27(22)36-20-21-12-6-5-7-13-21/h5-17,30,32H,4,18-20H2,1-3H3/t30-/m1/s1. The number of para-hydroxylation sites is 3. The molecule has 3 aromatic carbocycles. The zero-order chi connectivity index (χ0) is 25.3. The van der Waals surface area contributed by atoms with E-state index >= 15 is 0 Å². The number of hydrogen-bond acceptors (Lipinski definition) is 4. The summed E-state index contributed by atoms with van der Waals surface area (Å²) >= 11 is 0. The lowest BCUT2D eigenvalue weighted by Gasteiger charge is -2.37. The summed E-state index contributed by atoms with van der Waals surface area (Å²) in [4.78, 5) is 29.2. The molecule has 5 rings (SSSR count). The van der Waals surface area contributed by atoms with E-state index < -0.39 is 6.04 Å². The highest BCUT2D eigenvalue weighted by molar-refractivity contribution is 6.06.